The van der Waals surface area contributed by atoms with Crippen molar-refractivity contribution >= 4 is 11.6 Å². The first-order chi connectivity index (χ1) is 16.6. The summed E-state index contributed by atoms with van der Waals surface area (Å²) in [5, 5.41) is 7.16. The second-order valence-electron chi connectivity index (χ2n) is 7.24. The Morgan fingerprint density at radius 2 is 1.59 bits per heavy atom. The Labute approximate surface area is 196 Å². The average Bonchev–Trinajstić information content (AvgIpc) is 2.86. The molecule has 0 fully saturated rings. The summed E-state index contributed by atoms with van der Waals surface area (Å²) in [6.07, 6.45) is 0. The second kappa shape index (κ2) is 10.4. The number of carbonyl (C=O) groups excluding carboxylic acids is 1. The number of hydrogen-bond donors (Lipinski definition) is 1. The van der Waals surface area contributed by atoms with Crippen molar-refractivity contribution in [2.24, 2.45) is 0 Å². The number of benzene rings is 3. The van der Waals surface area contributed by atoms with Gasteiger partial charge in [0, 0.05) is 11.6 Å². The molecule has 0 aliphatic rings. The van der Waals surface area contributed by atoms with E-state index in [0.29, 0.717) is 39.9 Å². The lowest BCUT2D eigenvalue weighted by Gasteiger charge is -2.13. The van der Waals surface area contributed by atoms with E-state index in [9.17, 15) is 9.59 Å². The van der Waals surface area contributed by atoms with Gasteiger partial charge in [-0.05, 0) is 48.5 Å². The van der Waals surface area contributed by atoms with Crippen LogP contribution in [0.5, 0.6) is 23.0 Å². The van der Waals surface area contributed by atoms with Gasteiger partial charge < -0.3 is 19.5 Å². The van der Waals surface area contributed by atoms with E-state index < -0.39 is 11.5 Å². The number of methoxy groups -OCH3 is 2. The summed E-state index contributed by atoms with van der Waals surface area (Å²) in [5.74, 6) is 1.83. The van der Waals surface area contributed by atoms with Crippen LogP contribution in [0.3, 0.4) is 0 Å². The lowest BCUT2D eigenvalue weighted by atomic mass is 10.1. The van der Waals surface area contributed by atoms with Crippen LogP contribution in [-0.4, -0.2) is 29.9 Å². The molecular weight excluding hydrogens is 434 g/mol. The normalized spacial score (nSPS) is 10.4. The van der Waals surface area contributed by atoms with E-state index in [1.165, 1.54) is 6.07 Å². The molecule has 172 valence electrons. The van der Waals surface area contributed by atoms with E-state index in [1.54, 1.807) is 56.7 Å². The minimum Gasteiger partial charge on any atom is -0.493 e. The molecule has 1 N–H and O–H groups in total. The molecule has 0 aliphatic carbocycles. The fourth-order valence-corrected chi connectivity index (χ4v) is 3.31. The minimum atomic E-state index is -0.414. The molecule has 1 aromatic heterocycles. The standard InChI is InChI=1S/C26H23N3O5/c1-32-23-14-12-18(16-24(23)33-2)20-13-15-26(31)29(28-20)17-25(30)27-21-10-6-7-11-22(21)34-19-8-4-3-5-9-19/h3-16H,17H2,1-2H3,(H,27,30). The van der Waals surface area contributed by atoms with Crippen LogP contribution >= 0.6 is 0 Å². The molecule has 4 rings (SSSR count). The Bertz CT molecular complexity index is 1350. The highest BCUT2D eigenvalue weighted by Gasteiger charge is 2.13. The van der Waals surface area contributed by atoms with E-state index in [4.69, 9.17) is 14.2 Å². The molecule has 0 saturated carbocycles. The fourth-order valence-electron chi connectivity index (χ4n) is 3.31. The topological polar surface area (TPSA) is 91.7 Å². The van der Waals surface area contributed by atoms with Gasteiger partial charge in [0.15, 0.2) is 17.2 Å². The maximum Gasteiger partial charge on any atom is 0.267 e. The SMILES string of the molecule is COc1ccc(-c2ccc(=O)n(CC(=O)Nc3ccccc3Oc3ccccc3)n2)cc1OC. The summed E-state index contributed by atoms with van der Waals surface area (Å²) in [5.41, 5.74) is 1.32. The third-order valence-corrected chi connectivity index (χ3v) is 4.97. The Morgan fingerprint density at radius 3 is 2.35 bits per heavy atom. The summed E-state index contributed by atoms with van der Waals surface area (Å²) < 4.78 is 17.6. The third kappa shape index (κ3) is 5.24. The van der Waals surface area contributed by atoms with E-state index in [2.05, 4.69) is 10.4 Å². The van der Waals surface area contributed by atoms with Crippen LogP contribution in [0.2, 0.25) is 0 Å². The number of carbonyl (C=O) groups is 1. The van der Waals surface area contributed by atoms with Crippen molar-refractivity contribution in [2.75, 3.05) is 19.5 Å². The van der Waals surface area contributed by atoms with Crippen LogP contribution in [0.4, 0.5) is 5.69 Å². The molecule has 0 atom stereocenters. The quantitative estimate of drug-likeness (QED) is 0.423. The number of rotatable bonds is 8. The van der Waals surface area contributed by atoms with Crippen LogP contribution in [0, 0.1) is 0 Å². The Hall–Kier alpha value is -4.59. The molecule has 4 aromatic rings. The second-order valence-corrected chi connectivity index (χ2v) is 7.24. The largest absolute Gasteiger partial charge is 0.493 e. The van der Waals surface area contributed by atoms with Crippen molar-refractivity contribution < 1.29 is 19.0 Å². The van der Waals surface area contributed by atoms with Gasteiger partial charge in [0.25, 0.3) is 5.56 Å². The molecule has 0 saturated heterocycles. The Morgan fingerprint density at radius 1 is 0.853 bits per heavy atom. The smallest absolute Gasteiger partial charge is 0.267 e. The lowest BCUT2D eigenvalue weighted by Crippen LogP contribution is -2.29. The molecule has 0 spiro atoms. The zero-order chi connectivity index (χ0) is 23.9. The van der Waals surface area contributed by atoms with Gasteiger partial charge in [-0.15, -0.1) is 0 Å². The van der Waals surface area contributed by atoms with Crippen molar-refractivity contribution in [3.05, 3.63) is 95.3 Å². The molecular formula is C26H23N3O5. The van der Waals surface area contributed by atoms with Crippen LogP contribution in [-0.2, 0) is 11.3 Å². The van der Waals surface area contributed by atoms with Crippen molar-refractivity contribution in [3.63, 3.8) is 0 Å². The Kier molecular flexibility index (Phi) is 6.88. The number of hydrogen-bond acceptors (Lipinski definition) is 6. The van der Waals surface area contributed by atoms with E-state index >= 15 is 0 Å². The van der Waals surface area contributed by atoms with Gasteiger partial charge in [-0.1, -0.05) is 30.3 Å². The molecule has 0 bridgehead atoms. The van der Waals surface area contributed by atoms with Gasteiger partial charge in [0.1, 0.15) is 12.3 Å². The zero-order valence-corrected chi connectivity index (χ0v) is 18.7. The van der Waals surface area contributed by atoms with Gasteiger partial charge in [-0.2, -0.15) is 5.10 Å². The van der Waals surface area contributed by atoms with E-state index in [-0.39, 0.29) is 6.54 Å². The average molecular weight is 457 g/mol. The number of ether oxygens (including phenoxy) is 3. The summed E-state index contributed by atoms with van der Waals surface area (Å²) in [6.45, 7) is -0.264. The summed E-state index contributed by atoms with van der Waals surface area (Å²) >= 11 is 0. The minimum absolute atomic E-state index is 0.264. The van der Waals surface area contributed by atoms with Crippen LogP contribution in [0.15, 0.2) is 89.7 Å². The molecule has 0 aliphatic heterocycles. The summed E-state index contributed by atoms with van der Waals surface area (Å²) in [4.78, 5) is 25.1. The predicted molar refractivity (Wildman–Crippen MR) is 129 cm³/mol. The predicted octanol–water partition coefficient (Wildman–Crippen LogP) is 4.36. The monoisotopic (exact) mass is 457 g/mol. The fraction of sp³-hybridized carbons (Fsp3) is 0.115. The van der Waals surface area contributed by atoms with Gasteiger partial charge in [-0.25, -0.2) is 4.68 Å². The van der Waals surface area contributed by atoms with E-state index in [1.807, 2.05) is 36.4 Å². The lowest BCUT2D eigenvalue weighted by molar-refractivity contribution is -0.117. The summed E-state index contributed by atoms with van der Waals surface area (Å²) in [7, 11) is 3.09. The van der Waals surface area contributed by atoms with Crippen LogP contribution in [0.25, 0.3) is 11.3 Å². The van der Waals surface area contributed by atoms with Crippen molar-refractivity contribution in [3.8, 4) is 34.3 Å². The van der Waals surface area contributed by atoms with Crippen LogP contribution in [0.1, 0.15) is 0 Å². The molecule has 8 nitrogen and oxygen atoms in total. The van der Waals surface area contributed by atoms with Crippen molar-refractivity contribution in [1.82, 2.24) is 9.78 Å². The number of aromatic nitrogens is 2. The molecule has 34 heavy (non-hydrogen) atoms. The number of para-hydroxylation sites is 3. The highest BCUT2D eigenvalue weighted by atomic mass is 16.5. The van der Waals surface area contributed by atoms with E-state index in [0.717, 1.165) is 4.68 Å². The molecule has 8 heteroatoms. The van der Waals surface area contributed by atoms with Crippen molar-refractivity contribution in [1.29, 1.82) is 0 Å². The number of nitrogens with one attached hydrogen (secondary N) is 1. The van der Waals surface area contributed by atoms with Gasteiger partial charge >= 0.3 is 0 Å². The zero-order valence-electron chi connectivity index (χ0n) is 18.7. The maximum absolute atomic E-state index is 12.8. The molecule has 1 heterocycles. The van der Waals surface area contributed by atoms with Gasteiger partial charge in [0.2, 0.25) is 5.91 Å². The number of nitrogens with zero attached hydrogens (tertiary/aromatic N) is 2. The third-order valence-electron chi connectivity index (χ3n) is 4.97. The number of amides is 1. The van der Waals surface area contributed by atoms with Crippen LogP contribution < -0.4 is 25.1 Å². The van der Waals surface area contributed by atoms with Crippen molar-refractivity contribution in [2.45, 2.75) is 6.54 Å². The molecule has 0 radical (unpaired) electrons. The highest BCUT2D eigenvalue weighted by Crippen LogP contribution is 2.31. The first-order valence-corrected chi connectivity index (χ1v) is 10.5. The summed E-state index contributed by atoms with van der Waals surface area (Å²) in [6, 6.07) is 24.6. The highest BCUT2D eigenvalue weighted by molar-refractivity contribution is 5.92. The molecule has 1 amide bonds. The van der Waals surface area contributed by atoms with Gasteiger partial charge in [-0.3, -0.25) is 9.59 Å². The first kappa shape index (κ1) is 22.6. The molecule has 0 unspecified atom stereocenters. The number of anilines is 1. The first-order valence-electron chi connectivity index (χ1n) is 10.5. The maximum atomic E-state index is 12.8. The Balaban J connectivity index is 1.53. The molecule has 3 aromatic carbocycles. The van der Waals surface area contributed by atoms with Gasteiger partial charge in [0.05, 0.1) is 25.6 Å².